The first kappa shape index (κ1) is 20.6. The van der Waals surface area contributed by atoms with Crippen molar-refractivity contribution in [2.45, 2.75) is 65.3 Å². The summed E-state index contributed by atoms with van der Waals surface area (Å²) in [6, 6.07) is 2.23. The third kappa shape index (κ3) is 4.83. The molecule has 1 aliphatic rings. The number of aryl methyl sites for hydroxylation is 1. The summed E-state index contributed by atoms with van der Waals surface area (Å²) < 4.78 is 12.7. The van der Waals surface area contributed by atoms with Crippen LogP contribution >= 0.6 is 0 Å². The predicted molar refractivity (Wildman–Crippen MR) is 107 cm³/mol. The van der Waals surface area contributed by atoms with Crippen LogP contribution in [0.4, 0.5) is 0 Å². The lowest BCUT2D eigenvalue weighted by molar-refractivity contribution is 0.0772. The van der Waals surface area contributed by atoms with Crippen molar-refractivity contribution < 1.29 is 13.9 Å². The topological polar surface area (TPSA) is 72.5 Å². The minimum absolute atomic E-state index is 0.0339. The number of nitrogens with zero attached hydrogens (tertiary/aromatic N) is 3. The van der Waals surface area contributed by atoms with Crippen LogP contribution in [-0.4, -0.2) is 52.9 Å². The summed E-state index contributed by atoms with van der Waals surface area (Å²) in [6.45, 7) is 8.98. The van der Waals surface area contributed by atoms with Crippen molar-refractivity contribution in [1.82, 2.24) is 20.0 Å². The molecule has 1 amide bonds. The number of aromatic nitrogens is 2. The summed E-state index contributed by atoms with van der Waals surface area (Å²) in [5, 5.41) is 8.24. The highest BCUT2D eigenvalue weighted by molar-refractivity contribution is 5.94. The Hall–Kier alpha value is -2.12. The third-order valence-corrected chi connectivity index (χ3v) is 5.18. The van der Waals surface area contributed by atoms with Gasteiger partial charge in [-0.05, 0) is 46.1 Å². The first-order valence-electron chi connectivity index (χ1n) is 10.2. The van der Waals surface area contributed by atoms with Gasteiger partial charge in [-0.25, -0.2) is 0 Å². The lowest BCUT2D eigenvalue weighted by Gasteiger charge is -2.25. The van der Waals surface area contributed by atoms with Crippen LogP contribution in [0.1, 0.15) is 54.5 Å². The molecule has 3 rings (SSSR count). The van der Waals surface area contributed by atoms with E-state index in [1.807, 2.05) is 31.6 Å². The second kappa shape index (κ2) is 9.39. The quantitative estimate of drug-likeness (QED) is 0.669. The third-order valence-electron chi connectivity index (χ3n) is 5.18. The van der Waals surface area contributed by atoms with Crippen molar-refractivity contribution in [3.8, 4) is 0 Å². The van der Waals surface area contributed by atoms with Gasteiger partial charge in [-0.15, -0.1) is 0 Å². The maximum atomic E-state index is 13.1. The second-order valence-corrected chi connectivity index (χ2v) is 7.70. The van der Waals surface area contributed by atoms with E-state index in [1.165, 1.54) is 5.69 Å². The minimum atomic E-state index is -0.0339. The Morgan fingerprint density at radius 3 is 3.00 bits per heavy atom. The summed E-state index contributed by atoms with van der Waals surface area (Å²) in [6.07, 6.45) is 6.37. The highest BCUT2D eigenvalue weighted by Crippen LogP contribution is 2.26. The van der Waals surface area contributed by atoms with E-state index in [0.717, 1.165) is 43.5 Å². The maximum Gasteiger partial charge on any atom is 0.274 e. The smallest absolute Gasteiger partial charge is 0.274 e. The van der Waals surface area contributed by atoms with E-state index in [4.69, 9.17) is 9.15 Å². The summed E-state index contributed by atoms with van der Waals surface area (Å²) in [7, 11) is 1.81. The molecule has 1 atom stereocenters. The maximum absolute atomic E-state index is 13.1. The zero-order valence-electron chi connectivity index (χ0n) is 17.4. The van der Waals surface area contributed by atoms with Crippen molar-refractivity contribution in [3.05, 3.63) is 41.1 Å². The molecule has 1 N–H and O–H groups in total. The molecule has 0 fully saturated rings. The summed E-state index contributed by atoms with van der Waals surface area (Å²) in [4.78, 5) is 14.8. The molecule has 1 unspecified atom stereocenters. The number of furan rings is 1. The van der Waals surface area contributed by atoms with Gasteiger partial charge in [-0.2, -0.15) is 5.10 Å². The van der Waals surface area contributed by atoms with Crippen LogP contribution in [0.3, 0.4) is 0 Å². The lowest BCUT2D eigenvalue weighted by atomic mass is 9.91. The van der Waals surface area contributed by atoms with Crippen molar-refractivity contribution in [2.24, 2.45) is 0 Å². The van der Waals surface area contributed by atoms with E-state index in [0.29, 0.717) is 24.9 Å². The first-order valence-corrected chi connectivity index (χ1v) is 10.2. The van der Waals surface area contributed by atoms with Crippen LogP contribution in [0.5, 0.6) is 0 Å². The molecular formula is C21H32N4O3. The molecule has 0 saturated heterocycles. The van der Waals surface area contributed by atoms with E-state index in [9.17, 15) is 4.79 Å². The van der Waals surface area contributed by atoms with E-state index in [1.54, 1.807) is 17.4 Å². The molecule has 0 saturated carbocycles. The SMILES string of the molecule is CCn1nc(C(=O)N(C)Cc2ccoc2)c2c1CCC(NCCOC(C)C)C2. The van der Waals surface area contributed by atoms with Gasteiger partial charge in [0, 0.05) is 49.5 Å². The first-order chi connectivity index (χ1) is 13.5. The average Bonchev–Trinajstić information content (AvgIpc) is 3.31. The zero-order valence-corrected chi connectivity index (χ0v) is 17.4. The number of rotatable bonds is 9. The van der Waals surface area contributed by atoms with Crippen LogP contribution in [-0.2, 0) is 30.7 Å². The molecular weight excluding hydrogens is 356 g/mol. The number of fused-ring (bicyclic) bond motifs is 1. The average molecular weight is 389 g/mol. The van der Waals surface area contributed by atoms with Gasteiger partial charge in [0.15, 0.2) is 5.69 Å². The molecule has 1 aliphatic carbocycles. The summed E-state index contributed by atoms with van der Waals surface area (Å²) in [5.74, 6) is -0.0339. The van der Waals surface area contributed by atoms with Crippen LogP contribution in [0.2, 0.25) is 0 Å². The molecule has 2 aromatic heterocycles. The van der Waals surface area contributed by atoms with Gasteiger partial charge in [-0.3, -0.25) is 9.48 Å². The number of hydrogen-bond acceptors (Lipinski definition) is 5. The molecule has 2 heterocycles. The Morgan fingerprint density at radius 1 is 1.50 bits per heavy atom. The molecule has 0 spiro atoms. The van der Waals surface area contributed by atoms with E-state index >= 15 is 0 Å². The fourth-order valence-corrected chi connectivity index (χ4v) is 3.76. The van der Waals surface area contributed by atoms with E-state index in [-0.39, 0.29) is 12.0 Å². The van der Waals surface area contributed by atoms with Crippen LogP contribution in [0, 0.1) is 0 Å². The van der Waals surface area contributed by atoms with Gasteiger partial charge in [0.05, 0.1) is 25.2 Å². The van der Waals surface area contributed by atoms with E-state index < -0.39 is 0 Å². The Labute approximate surface area is 167 Å². The molecule has 154 valence electrons. The highest BCUT2D eigenvalue weighted by atomic mass is 16.5. The number of nitrogens with one attached hydrogen (secondary N) is 1. The predicted octanol–water partition coefficient (Wildman–Crippen LogP) is 2.64. The number of carbonyl (C=O) groups is 1. The van der Waals surface area contributed by atoms with Crippen LogP contribution < -0.4 is 5.32 Å². The van der Waals surface area contributed by atoms with E-state index in [2.05, 4.69) is 17.3 Å². The molecule has 7 nitrogen and oxygen atoms in total. The van der Waals surface area contributed by atoms with Crippen molar-refractivity contribution in [1.29, 1.82) is 0 Å². The lowest BCUT2D eigenvalue weighted by Crippen LogP contribution is -2.37. The molecule has 0 aliphatic heterocycles. The largest absolute Gasteiger partial charge is 0.472 e. The molecule has 0 radical (unpaired) electrons. The normalized spacial score (nSPS) is 16.4. The van der Waals surface area contributed by atoms with Gasteiger partial charge in [0.2, 0.25) is 0 Å². The van der Waals surface area contributed by atoms with Crippen LogP contribution in [0.15, 0.2) is 23.0 Å². The fraction of sp³-hybridized carbons (Fsp3) is 0.619. The number of amides is 1. The molecule has 0 bridgehead atoms. The Balaban J connectivity index is 1.69. The van der Waals surface area contributed by atoms with Gasteiger partial charge in [0.25, 0.3) is 5.91 Å². The van der Waals surface area contributed by atoms with Gasteiger partial charge in [0.1, 0.15) is 0 Å². The van der Waals surface area contributed by atoms with Crippen molar-refractivity contribution in [2.75, 3.05) is 20.2 Å². The van der Waals surface area contributed by atoms with Gasteiger partial charge >= 0.3 is 0 Å². The number of carbonyl (C=O) groups excluding carboxylic acids is 1. The Kier molecular flexibility index (Phi) is 6.91. The van der Waals surface area contributed by atoms with Gasteiger partial charge in [-0.1, -0.05) is 0 Å². The second-order valence-electron chi connectivity index (χ2n) is 7.70. The minimum Gasteiger partial charge on any atom is -0.472 e. The highest BCUT2D eigenvalue weighted by Gasteiger charge is 2.30. The Bertz CT molecular complexity index is 767. The fourth-order valence-electron chi connectivity index (χ4n) is 3.76. The number of ether oxygens (including phenoxy) is 1. The summed E-state index contributed by atoms with van der Waals surface area (Å²) >= 11 is 0. The standard InChI is InChI=1S/C21H32N4O3/c1-5-25-19-7-6-17(22-9-11-28-15(2)3)12-18(19)20(23-25)21(26)24(4)13-16-8-10-27-14-16/h8,10,14-15,17,22H,5-7,9,11-13H2,1-4H3. The molecule has 7 heteroatoms. The summed E-state index contributed by atoms with van der Waals surface area (Å²) in [5.41, 5.74) is 3.87. The van der Waals surface area contributed by atoms with Crippen molar-refractivity contribution in [3.63, 3.8) is 0 Å². The Morgan fingerprint density at radius 2 is 2.32 bits per heavy atom. The van der Waals surface area contributed by atoms with Crippen LogP contribution in [0.25, 0.3) is 0 Å². The number of hydrogen-bond donors (Lipinski definition) is 1. The molecule has 28 heavy (non-hydrogen) atoms. The molecule has 0 aromatic carbocycles. The van der Waals surface area contributed by atoms with Crippen molar-refractivity contribution >= 4 is 5.91 Å². The zero-order chi connectivity index (χ0) is 20.1. The van der Waals surface area contributed by atoms with Gasteiger partial charge < -0.3 is 19.4 Å². The monoisotopic (exact) mass is 388 g/mol. The molecule has 2 aromatic rings.